The van der Waals surface area contributed by atoms with Crippen LogP contribution in [-0.2, 0) is 28.6 Å². The Hall–Kier alpha value is -1.79. The van der Waals surface area contributed by atoms with Crippen molar-refractivity contribution in [1.82, 2.24) is 25.3 Å². The monoisotopic (exact) mass is 1020 g/mol. The van der Waals surface area contributed by atoms with Crippen LogP contribution < -0.4 is 10.6 Å². The first-order chi connectivity index (χ1) is 35.5. The van der Waals surface area contributed by atoms with E-state index in [0.717, 1.165) is 104 Å². The Morgan fingerprint density at radius 2 is 0.625 bits per heavy atom. The van der Waals surface area contributed by atoms with E-state index >= 15 is 0 Å². The minimum atomic E-state index is -0.117. The highest BCUT2D eigenvalue weighted by Gasteiger charge is 2.18. The molecule has 11 heteroatoms. The molecule has 1 saturated heterocycles. The Morgan fingerprint density at radius 3 is 0.972 bits per heavy atom. The second-order valence-electron chi connectivity index (χ2n) is 21.6. The molecule has 1 fully saturated rings. The quantitative estimate of drug-likeness (QED) is 0.0345. The van der Waals surface area contributed by atoms with E-state index in [1.54, 1.807) is 0 Å². The zero-order chi connectivity index (χ0) is 51.9. The van der Waals surface area contributed by atoms with Gasteiger partial charge in [-0.1, -0.05) is 233 Å². The van der Waals surface area contributed by atoms with Gasteiger partial charge in [-0.15, -0.1) is 0 Å². The van der Waals surface area contributed by atoms with Gasteiger partial charge >= 0.3 is 17.9 Å². The normalized spacial score (nSPS) is 13.3. The van der Waals surface area contributed by atoms with Gasteiger partial charge in [0.05, 0.1) is 39.1 Å². The molecule has 1 rings (SSSR count). The highest BCUT2D eigenvalue weighted by atomic mass is 16.5. The van der Waals surface area contributed by atoms with Crippen molar-refractivity contribution in [2.24, 2.45) is 0 Å². The summed E-state index contributed by atoms with van der Waals surface area (Å²) in [5.41, 5.74) is 0. The summed E-state index contributed by atoms with van der Waals surface area (Å²) >= 11 is 0. The van der Waals surface area contributed by atoms with Gasteiger partial charge in [-0.25, -0.2) is 0 Å². The third-order valence-corrected chi connectivity index (χ3v) is 14.8. The summed E-state index contributed by atoms with van der Waals surface area (Å²) in [5.74, 6) is -0.301. The second kappa shape index (κ2) is 55.4. The summed E-state index contributed by atoms with van der Waals surface area (Å²) in [7, 11) is 0. The zero-order valence-electron chi connectivity index (χ0n) is 48.2. The van der Waals surface area contributed by atoms with E-state index in [9.17, 15) is 14.4 Å². The lowest BCUT2D eigenvalue weighted by molar-refractivity contribution is -0.145. The maximum atomic E-state index is 12.8. The number of esters is 3. The van der Waals surface area contributed by atoms with Crippen LogP contribution in [0.3, 0.4) is 0 Å². The first-order valence-electron chi connectivity index (χ1n) is 31.5. The lowest BCUT2D eigenvalue weighted by Gasteiger charge is -2.36. The molecule has 0 aromatic rings. The molecule has 0 aromatic carbocycles. The molecule has 72 heavy (non-hydrogen) atoms. The van der Waals surface area contributed by atoms with Gasteiger partial charge < -0.3 is 29.7 Å². The maximum absolute atomic E-state index is 12.8. The molecule has 0 bridgehead atoms. The van der Waals surface area contributed by atoms with Crippen molar-refractivity contribution in [3.63, 3.8) is 0 Å². The van der Waals surface area contributed by atoms with Crippen LogP contribution in [0.2, 0.25) is 0 Å². The zero-order valence-corrected chi connectivity index (χ0v) is 48.2. The number of carbonyl (C=O) groups excluding carboxylic acids is 3. The van der Waals surface area contributed by atoms with Crippen molar-refractivity contribution >= 4 is 17.9 Å². The van der Waals surface area contributed by atoms with Gasteiger partial charge in [-0.3, -0.25) is 24.2 Å². The fraction of sp³-hybridized carbons (Fsp3) is 0.951. The molecule has 0 saturated carbocycles. The predicted octanol–water partition coefficient (Wildman–Crippen LogP) is 14.0. The average molecular weight is 1020 g/mol. The van der Waals surface area contributed by atoms with Crippen LogP contribution >= 0.6 is 0 Å². The van der Waals surface area contributed by atoms with E-state index in [-0.39, 0.29) is 17.9 Å². The number of hydrogen-bond acceptors (Lipinski definition) is 11. The number of nitrogens with zero attached hydrogens (tertiary/aromatic N) is 3. The van der Waals surface area contributed by atoms with E-state index < -0.39 is 0 Å². The van der Waals surface area contributed by atoms with Crippen molar-refractivity contribution in [3.8, 4) is 0 Å². The van der Waals surface area contributed by atoms with Crippen LogP contribution in [0, 0.1) is 0 Å². The molecule has 0 atom stereocenters. The molecule has 11 nitrogen and oxygen atoms in total. The van der Waals surface area contributed by atoms with Gasteiger partial charge in [0.15, 0.2) is 0 Å². The molecule has 1 heterocycles. The number of rotatable bonds is 57. The van der Waals surface area contributed by atoms with Gasteiger partial charge in [0.25, 0.3) is 0 Å². The fourth-order valence-electron chi connectivity index (χ4n) is 9.81. The van der Waals surface area contributed by atoms with Crippen molar-refractivity contribution in [1.29, 1.82) is 0 Å². The standard InChI is InChI=1S/C61H121N5O6/c1-4-7-10-13-16-19-22-25-28-31-34-37-56-70-59(67)40-43-62-45-48-64(47-42-61(69)72-58-39-36-33-30-27-24-21-18-15-12-9-6-3)50-53-66-54-51-65(52-55-66)49-46-63-44-41-60(68)71-57-38-35-32-29-26-23-20-17-14-11-8-5-2/h62-63H,4-58H2,1-3H3. The summed E-state index contributed by atoms with van der Waals surface area (Å²) in [4.78, 5) is 44.9. The molecule has 0 amide bonds. The topological polar surface area (TPSA) is 113 Å². The lowest BCUT2D eigenvalue weighted by Crippen LogP contribution is -2.50. The highest BCUT2D eigenvalue weighted by molar-refractivity contribution is 5.70. The van der Waals surface area contributed by atoms with Crippen LogP contribution in [0.25, 0.3) is 0 Å². The molecule has 0 aromatic heterocycles. The molecule has 0 spiro atoms. The number of nitrogens with one attached hydrogen (secondary N) is 2. The first kappa shape index (κ1) is 68.2. The molecule has 426 valence electrons. The molecule has 0 aliphatic carbocycles. The molecule has 0 radical (unpaired) electrons. The van der Waals surface area contributed by atoms with Gasteiger partial charge in [0.2, 0.25) is 0 Å². The number of hydrogen-bond donors (Lipinski definition) is 2. The summed E-state index contributed by atoms with van der Waals surface area (Å²) < 4.78 is 16.7. The van der Waals surface area contributed by atoms with Gasteiger partial charge in [-0.05, 0) is 19.3 Å². The number of piperazine rings is 1. The summed E-state index contributed by atoms with van der Waals surface area (Å²) in [6.45, 7) is 19.8. The fourth-order valence-corrected chi connectivity index (χ4v) is 9.81. The van der Waals surface area contributed by atoms with Crippen molar-refractivity contribution in [3.05, 3.63) is 0 Å². The highest BCUT2D eigenvalue weighted by Crippen LogP contribution is 2.15. The molecule has 2 N–H and O–H groups in total. The smallest absolute Gasteiger partial charge is 0.307 e. The molecular formula is C61H121N5O6. The summed E-state index contributed by atoms with van der Waals surface area (Å²) in [5, 5.41) is 6.91. The lowest BCUT2D eigenvalue weighted by atomic mass is 10.1. The van der Waals surface area contributed by atoms with Crippen LogP contribution in [0.4, 0.5) is 0 Å². The summed E-state index contributed by atoms with van der Waals surface area (Å²) in [6, 6.07) is 0. The molecular weight excluding hydrogens is 899 g/mol. The maximum Gasteiger partial charge on any atom is 0.307 e. The van der Waals surface area contributed by atoms with E-state index in [4.69, 9.17) is 14.2 Å². The minimum Gasteiger partial charge on any atom is -0.466 e. The van der Waals surface area contributed by atoms with Crippen molar-refractivity contribution in [2.75, 3.05) is 105 Å². The van der Waals surface area contributed by atoms with Crippen LogP contribution in [0.1, 0.15) is 271 Å². The third kappa shape index (κ3) is 49.1. The van der Waals surface area contributed by atoms with Crippen LogP contribution in [0.5, 0.6) is 0 Å². The Kier molecular flexibility index (Phi) is 52.5. The predicted molar refractivity (Wildman–Crippen MR) is 305 cm³/mol. The second-order valence-corrected chi connectivity index (χ2v) is 21.6. The molecule has 1 aliphatic heterocycles. The van der Waals surface area contributed by atoms with E-state index in [0.29, 0.717) is 58.7 Å². The molecule has 1 aliphatic rings. The van der Waals surface area contributed by atoms with E-state index in [2.05, 4.69) is 46.1 Å². The minimum absolute atomic E-state index is 0.0872. The van der Waals surface area contributed by atoms with Gasteiger partial charge in [0.1, 0.15) is 0 Å². The van der Waals surface area contributed by atoms with Crippen LogP contribution in [-0.4, -0.2) is 138 Å². The van der Waals surface area contributed by atoms with Crippen molar-refractivity contribution < 1.29 is 28.6 Å². The van der Waals surface area contributed by atoms with E-state index in [1.807, 2.05) is 0 Å². The third-order valence-electron chi connectivity index (χ3n) is 14.8. The number of ether oxygens (including phenoxy) is 3. The van der Waals surface area contributed by atoms with Crippen LogP contribution in [0.15, 0.2) is 0 Å². The SMILES string of the molecule is CCCCCCCCCCCCCCOC(=O)CCNCCN(CCC(=O)OCCCCCCCCCCCCCC)CCN1CCN(CCNCCC(=O)OCCCCCCCCCCCCCC)CC1. The van der Waals surface area contributed by atoms with Gasteiger partial charge in [-0.2, -0.15) is 0 Å². The Morgan fingerprint density at radius 1 is 0.333 bits per heavy atom. The largest absolute Gasteiger partial charge is 0.466 e. The number of carbonyl (C=O) groups is 3. The van der Waals surface area contributed by atoms with Gasteiger partial charge in [0, 0.05) is 85.1 Å². The summed E-state index contributed by atoms with van der Waals surface area (Å²) in [6.07, 6.45) is 48.0. The van der Waals surface area contributed by atoms with Crippen molar-refractivity contribution in [2.45, 2.75) is 271 Å². The average Bonchev–Trinajstić information content (AvgIpc) is 3.38. The Bertz CT molecular complexity index is 1160. The molecule has 0 unspecified atom stereocenters. The number of unbranched alkanes of at least 4 members (excludes halogenated alkanes) is 33. The van der Waals surface area contributed by atoms with E-state index in [1.165, 1.54) is 193 Å². The first-order valence-corrected chi connectivity index (χ1v) is 31.5. The Balaban J connectivity index is 2.26. The Labute approximate surface area is 446 Å².